The molecule has 0 fully saturated rings. The number of carbonyl (C=O) groups excluding carboxylic acids is 1. The van der Waals surface area contributed by atoms with Crippen LogP contribution >= 0.6 is 22.6 Å². The van der Waals surface area contributed by atoms with Crippen LogP contribution in [0.1, 0.15) is 5.56 Å². The summed E-state index contributed by atoms with van der Waals surface area (Å²) in [6.07, 6.45) is 0. The monoisotopic (exact) mass is 401 g/mol. The molecule has 3 nitrogen and oxygen atoms in total. The van der Waals surface area contributed by atoms with Gasteiger partial charge in [0.1, 0.15) is 17.4 Å². The molecule has 0 spiro atoms. The molecule has 0 radical (unpaired) electrons. The fourth-order valence-electron chi connectivity index (χ4n) is 2.18. The maximum atomic E-state index is 13.8. The van der Waals surface area contributed by atoms with Crippen molar-refractivity contribution in [2.75, 3.05) is 11.5 Å². The second-order valence-electron chi connectivity index (χ2n) is 4.62. The molecule has 2 aromatic carbocycles. The maximum absolute atomic E-state index is 13.8. The van der Waals surface area contributed by atoms with Gasteiger partial charge in [-0.1, -0.05) is 0 Å². The second kappa shape index (κ2) is 5.59. The lowest BCUT2D eigenvalue weighted by molar-refractivity contribution is -0.121. The predicted molar refractivity (Wildman–Crippen MR) is 82.2 cm³/mol. The van der Waals surface area contributed by atoms with Gasteiger partial charge in [-0.2, -0.15) is 0 Å². The minimum Gasteiger partial charge on any atom is -0.482 e. The number of ether oxygens (including phenoxy) is 1. The Hall–Kier alpha value is -1.70. The van der Waals surface area contributed by atoms with E-state index < -0.39 is 11.6 Å². The van der Waals surface area contributed by atoms with Gasteiger partial charge in [0.2, 0.25) is 0 Å². The first-order valence-corrected chi connectivity index (χ1v) is 7.29. The maximum Gasteiger partial charge on any atom is 0.265 e. The summed E-state index contributed by atoms with van der Waals surface area (Å²) in [5.41, 5.74) is 0.705. The van der Waals surface area contributed by atoms with E-state index >= 15 is 0 Å². The molecule has 0 aliphatic carbocycles. The summed E-state index contributed by atoms with van der Waals surface area (Å²) in [5.74, 6) is -0.794. The molecule has 0 N–H and O–H groups in total. The number of nitrogens with zero attached hydrogens (tertiary/aromatic N) is 1. The van der Waals surface area contributed by atoms with Crippen LogP contribution in [0.25, 0.3) is 0 Å². The van der Waals surface area contributed by atoms with E-state index in [0.29, 0.717) is 11.4 Å². The van der Waals surface area contributed by atoms with Crippen LogP contribution in [0.4, 0.5) is 14.5 Å². The van der Waals surface area contributed by atoms with E-state index in [1.54, 1.807) is 12.1 Å². The van der Waals surface area contributed by atoms with Crippen molar-refractivity contribution >= 4 is 34.2 Å². The van der Waals surface area contributed by atoms with Crippen LogP contribution in [0, 0.1) is 15.2 Å². The standard InChI is InChI=1S/C15H10F2INO2/c16-10-1-3-12(17)9(5-10)7-19-13-6-11(18)2-4-14(13)21-8-15(19)20/h1-6H,7-8H2. The molecule has 3 rings (SSSR count). The Balaban J connectivity index is 2.00. The number of hydrogen-bond donors (Lipinski definition) is 0. The zero-order valence-corrected chi connectivity index (χ0v) is 12.9. The normalized spacial score (nSPS) is 13.9. The van der Waals surface area contributed by atoms with Gasteiger partial charge in [-0.15, -0.1) is 0 Å². The Morgan fingerprint density at radius 1 is 1.19 bits per heavy atom. The van der Waals surface area contributed by atoms with Crippen molar-refractivity contribution in [3.8, 4) is 5.75 Å². The lowest BCUT2D eigenvalue weighted by Crippen LogP contribution is -2.38. The summed E-state index contributed by atoms with van der Waals surface area (Å²) in [6.45, 7) is -0.136. The summed E-state index contributed by atoms with van der Waals surface area (Å²) >= 11 is 2.12. The minimum atomic E-state index is -0.539. The van der Waals surface area contributed by atoms with Gasteiger partial charge in [0.05, 0.1) is 12.2 Å². The molecule has 1 aliphatic heterocycles. The van der Waals surface area contributed by atoms with Crippen molar-refractivity contribution in [3.63, 3.8) is 0 Å². The molecule has 0 atom stereocenters. The van der Waals surface area contributed by atoms with Crippen molar-refractivity contribution in [1.82, 2.24) is 0 Å². The molecule has 0 aromatic heterocycles. The highest BCUT2D eigenvalue weighted by Crippen LogP contribution is 2.34. The third-order valence-corrected chi connectivity index (χ3v) is 3.87. The number of rotatable bonds is 2. The number of hydrogen-bond acceptors (Lipinski definition) is 2. The Bertz CT molecular complexity index is 721. The molecular formula is C15H10F2INO2. The lowest BCUT2D eigenvalue weighted by Gasteiger charge is -2.29. The van der Waals surface area contributed by atoms with Gasteiger partial charge in [-0.05, 0) is 59.0 Å². The van der Waals surface area contributed by atoms with Crippen molar-refractivity contribution < 1.29 is 18.3 Å². The number of carbonyl (C=O) groups is 1. The zero-order valence-electron chi connectivity index (χ0n) is 10.8. The van der Waals surface area contributed by atoms with Crippen LogP contribution in [0.2, 0.25) is 0 Å². The number of amides is 1. The molecule has 0 unspecified atom stereocenters. The molecule has 6 heteroatoms. The average molecular weight is 401 g/mol. The van der Waals surface area contributed by atoms with E-state index in [0.717, 1.165) is 21.8 Å². The van der Waals surface area contributed by atoms with Crippen molar-refractivity contribution in [1.29, 1.82) is 0 Å². The Morgan fingerprint density at radius 2 is 2.00 bits per heavy atom. The van der Waals surface area contributed by atoms with E-state index in [1.807, 2.05) is 6.07 Å². The van der Waals surface area contributed by atoms with Crippen LogP contribution in [0.15, 0.2) is 36.4 Å². The number of halogens is 3. The van der Waals surface area contributed by atoms with Crippen molar-refractivity contribution in [2.45, 2.75) is 6.54 Å². The van der Waals surface area contributed by atoms with E-state index in [4.69, 9.17) is 4.74 Å². The molecule has 2 aromatic rings. The fraction of sp³-hybridized carbons (Fsp3) is 0.133. The number of anilines is 1. The van der Waals surface area contributed by atoms with Gasteiger partial charge in [-0.3, -0.25) is 4.79 Å². The molecular weight excluding hydrogens is 391 g/mol. The Labute approximate surface area is 133 Å². The third-order valence-electron chi connectivity index (χ3n) is 3.20. The number of benzene rings is 2. The highest BCUT2D eigenvalue weighted by molar-refractivity contribution is 14.1. The SMILES string of the molecule is O=C1COc2ccc(I)cc2N1Cc1cc(F)ccc1F. The first-order chi connectivity index (χ1) is 10.0. The van der Waals surface area contributed by atoms with E-state index in [2.05, 4.69) is 22.6 Å². The van der Waals surface area contributed by atoms with E-state index in [1.165, 1.54) is 4.90 Å². The van der Waals surface area contributed by atoms with Crippen LogP contribution in [-0.4, -0.2) is 12.5 Å². The van der Waals surface area contributed by atoms with Gasteiger partial charge < -0.3 is 9.64 Å². The second-order valence-corrected chi connectivity index (χ2v) is 5.86. The molecule has 0 saturated carbocycles. The van der Waals surface area contributed by atoms with Crippen LogP contribution < -0.4 is 9.64 Å². The highest BCUT2D eigenvalue weighted by Gasteiger charge is 2.26. The van der Waals surface area contributed by atoms with Crippen molar-refractivity contribution in [2.24, 2.45) is 0 Å². The van der Waals surface area contributed by atoms with Gasteiger partial charge in [0.25, 0.3) is 5.91 Å². The fourth-order valence-corrected chi connectivity index (χ4v) is 2.66. The Morgan fingerprint density at radius 3 is 2.81 bits per heavy atom. The molecule has 1 heterocycles. The summed E-state index contributed by atoms with van der Waals surface area (Å²) in [7, 11) is 0. The van der Waals surface area contributed by atoms with Gasteiger partial charge in [0.15, 0.2) is 6.61 Å². The van der Waals surface area contributed by atoms with Crippen molar-refractivity contribution in [3.05, 3.63) is 57.2 Å². The molecule has 1 aliphatic rings. The summed E-state index contributed by atoms with van der Waals surface area (Å²) in [5, 5.41) is 0. The summed E-state index contributed by atoms with van der Waals surface area (Å²) < 4.78 is 33.3. The molecule has 0 saturated heterocycles. The van der Waals surface area contributed by atoms with Gasteiger partial charge >= 0.3 is 0 Å². The first kappa shape index (κ1) is 14.2. The summed E-state index contributed by atoms with van der Waals surface area (Å²) in [6, 6.07) is 8.62. The van der Waals surface area contributed by atoms with Crippen LogP contribution in [0.5, 0.6) is 5.75 Å². The van der Waals surface area contributed by atoms with Gasteiger partial charge in [-0.25, -0.2) is 8.78 Å². The van der Waals surface area contributed by atoms with Crippen LogP contribution in [-0.2, 0) is 11.3 Å². The topological polar surface area (TPSA) is 29.5 Å². The zero-order chi connectivity index (χ0) is 15.0. The van der Waals surface area contributed by atoms with E-state index in [-0.39, 0.29) is 24.6 Å². The lowest BCUT2D eigenvalue weighted by atomic mass is 10.1. The quantitative estimate of drug-likeness (QED) is 0.722. The predicted octanol–water partition coefficient (Wildman–Crippen LogP) is 3.50. The first-order valence-electron chi connectivity index (χ1n) is 6.21. The highest BCUT2D eigenvalue weighted by atomic mass is 127. The van der Waals surface area contributed by atoms with Crippen LogP contribution in [0.3, 0.4) is 0 Å². The molecule has 0 bridgehead atoms. The minimum absolute atomic E-state index is 0.0289. The Kier molecular flexibility index (Phi) is 3.79. The molecule has 108 valence electrons. The van der Waals surface area contributed by atoms with E-state index in [9.17, 15) is 13.6 Å². The molecule has 21 heavy (non-hydrogen) atoms. The largest absolute Gasteiger partial charge is 0.482 e. The smallest absolute Gasteiger partial charge is 0.265 e. The van der Waals surface area contributed by atoms with Gasteiger partial charge in [0, 0.05) is 9.13 Å². The third kappa shape index (κ3) is 2.85. The number of fused-ring (bicyclic) bond motifs is 1. The average Bonchev–Trinajstić information content (AvgIpc) is 2.46. The summed E-state index contributed by atoms with van der Waals surface area (Å²) in [4.78, 5) is 13.5. The molecule has 1 amide bonds.